The van der Waals surface area contributed by atoms with E-state index in [1.54, 1.807) is 7.11 Å². The van der Waals surface area contributed by atoms with Crippen molar-refractivity contribution < 1.29 is 9.47 Å². The highest BCUT2D eigenvalue weighted by molar-refractivity contribution is 5.79. The van der Waals surface area contributed by atoms with Gasteiger partial charge < -0.3 is 19.3 Å². The lowest BCUT2D eigenvalue weighted by Crippen LogP contribution is -2.46. The number of ether oxygens (including phenoxy) is 2. The van der Waals surface area contributed by atoms with E-state index >= 15 is 0 Å². The summed E-state index contributed by atoms with van der Waals surface area (Å²) in [5, 5.41) is 0. The minimum Gasteiger partial charge on any atom is -0.385 e. The normalized spacial score (nSPS) is 18.2. The summed E-state index contributed by atoms with van der Waals surface area (Å²) in [5.74, 6) is 1.06. The lowest BCUT2D eigenvalue weighted by molar-refractivity contribution is 0.00914. The Balaban J connectivity index is 2.24. The first-order valence-corrected chi connectivity index (χ1v) is 6.68. The third-order valence-corrected chi connectivity index (χ3v) is 3.17. The number of hydrogen-bond donors (Lipinski definition) is 0. The molecule has 0 spiro atoms. The van der Waals surface area contributed by atoms with Crippen molar-refractivity contribution in [1.82, 2.24) is 9.80 Å². The third kappa shape index (κ3) is 4.82. The lowest BCUT2D eigenvalue weighted by atomic mass is 10.1. The van der Waals surface area contributed by atoms with Gasteiger partial charge in [-0.3, -0.25) is 4.99 Å². The maximum atomic E-state index is 5.85. The standard InChI is InChI=1S/C13H27N3O2/c1-14-13(15(2)3)16-8-6-12(7-9-16)18-11-5-10-17-4/h12H,5-11H2,1-4H3. The fraction of sp³-hybridized carbons (Fsp3) is 0.923. The van der Waals surface area contributed by atoms with Gasteiger partial charge in [-0.25, -0.2) is 0 Å². The third-order valence-electron chi connectivity index (χ3n) is 3.17. The van der Waals surface area contributed by atoms with Crippen molar-refractivity contribution in [2.45, 2.75) is 25.4 Å². The van der Waals surface area contributed by atoms with Gasteiger partial charge in [0, 0.05) is 54.6 Å². The maximum absolute atomic E-state index is 5.85. The SMILES string of the molecule is CN=C(N(C)C)N1CCC(OCCCOC)CC1. The first-order chi connectivity index (χ1) is 8.69. The van der Waals surface area contributed by atoms with Crippen LogP contribution in [0.5, 0.6) is 0 Å². The number of rotatable bonds is 5. The number of guanidine groups is 1. The quantitative estimate of drug-likeness (QED) is 0.419. The van der Waals surface area contributed by atoms with Crippen molar-refractivity contribution in [3.63, 3.8) is 0 Å². The molecule has 0 aromatic rings. The fourth-order valence-corrected chi connectivity index (χ4v) is 2.30. The molecule has 0 N–H and O–H groups in total. The molecule has 0 bridgehead atoms. The molecule has 0 atom stereocenters. The van der Waals surface area contributed by atoms with Gasteiger partial charge in [0.05, 0.1) is 6.10 Å². The molecular formula is C13H27N3O2. The van der Waals surface area contributed by atoms with Gasteiger partial charge in [0.1, 0.15) is 0 Å². The number of aliphatic imine (C=N–C) groups is 1. The van der Waals surface area contributed by atoms with Crippen LogP contribution in [-0.4, -0.2) is 76.4 Å². The molecule has 1 saturated heterocycles. The summed E-state index contributed by atoms with van der Waals surface area (Å²) < 4.78 is 10.9. The van der Waals surface area contributed by atoms with Crippen molar-refractivity contribution in [3.05, 3.63) is 0 Å². The molecule has 106 valence electrons. The first-order valence-electron chi connectivity index (χ1n) is 6.68. The maximum Gasteiger partial charge on any atom is 0.195 e. The molecule has 0 amide bonds. The van der Waals surface area contributed by atoms with Crippen LogP contribution in [0.15, 0.2) is 4.99 Å². The van der Waals surface area contributed by atoms with Crippen LogP contribution < -0.4 is 0 Å². The molecule has 18 heavy (non-hydrogen) atoms. The Kier molecular flexibility index (Phi) is 7.05. The van der Waals surface area contributed by atoms with Crippen molar-refractivity contribution in [3.8, 4) is 0 Å². The van der Waals surface area contributed by atoms with Crippen LogP contribution in [0.25, 0.3) is 0 Å². The number of hydrogen-bond acceptors (Lipinski definition) is 3. The Morgan fingerprint density at radius 3 is 2.44 bits per heavy atom. The average Bonchev–Trinajstić information content (AvgIpc) is 2.37. The predicted molar refractivity (Wildman–Crippen MR) is 74.1 cm³/mol. The monoisotopic (exact) mass is 257 g/mol. The van der Waals surface area contributed by atoms with Gasteiger partial charge in [0.25, 0.3) is 0 Å². The minimum absolute atomic E-state index is 0.401. The van der Waals surface area contributed by atoms with Gasteiger partial charge in [-0.05, 0) is 19.3 Å². The summed E-state index contributed by atoms with van der Waals surface area (Å²) in [6.45, 7) is 3.65. The molecule has 1 rings (SSSR count). The molecule has 5 heteroatoms. The summed E-state index contributed by atoms with van der Waals surface area (Å²) >= 11 is 0. The molecule has 1 heterocycles. The van der Waals surface area contributed by atoms with Gasteiger partial charge in [-0.2, -0.15) is 0 Å². The summed E-state index contributed by atoms with van der Waals surface area (Å²) in [4.78, 5) is 8.73. The zero-order chi connectivity index (χ0) is 13.4. The van der Waals surface area contributed by atoms with Gasteiger partial charge in [-0.1, -0.05) is 0 Å². The highest BCUT2D eigenvalue weighted by Crippen LogP contribution is 2.15. The highest BCUT2D eigenvalue weighted by atomic mass is 16.5. The van der Waals surface area contributed by atoms with E-state index in [0.29, 0.717) is 6.10 Å². The molecule has 0 aromatic heterocycles. The average molecular weight is 257 g/mol. The molecule has 0 saturated carbocycles. The van der Waals surface area contributed by atoms with E-state index in [4.69, 9.17) is 9.47 Å². The highest BCUT2D eigenvalue weighted by Gasteiger charge is 2.22. The van der Waals surface area contributed by atoms with Gasteiger partial charge >= 0.3 is 0 Å². The van der Waals surface area contributed by atoms with E-state index in [9.17, 15) is 0 Å². The molecule has 1 aliphatic heterocycles. The molecule has 1 aliphatic rings. The smallest absolute Gasteiger partial charge is 0.195 e. The van der Waals surface area contributed by atoms with Crippen LogP contribution in [0.1, 0.15) is 19.3 Å². The zero-order valence-corrected chi connectivity index (χ0v) is 12.2. The second-order valence-electron chi connectivity index (χ2n) is 4.82. The second kappa shape index (κ2) is 8.32. The van der Waals surface area contributed by atoms with Crippen LogP contribution in [0.2, 0.25) is 0 Å². The first kappa shape index (κ1) is 15.2. The van der Waals surface area contributed by atoms with E-state index in [1.165, 1.54) is 0 Å². The largest absolute Gasteiger partial charge is 0.385 e. The van der Waals surface area contributed by atoms with Crippen LogP contribution >= 0.6 is 0 Å². The summed E-state index contributed by atoms with van der Waals surface area (Å²) in [7, 11) is 7.65. The van der Waals surface area contributed by atoms with Gasteiger partial charge in [-0.15, -0.1) is 0 Å². The molecule has 0 aliphatic carbocycles. The van der Waals surface area contributed by atoms with E-state index < -0.39 is 0 Å². The number of methoxy groups -OCH3 is 1. The predicted octanol–water partition coefficient (Wildman–Crippen LogP) is 1.05. The van der Waals surface area contributed by atoms with E-state index in [-0.39, 0.29) is 0 Å². The number of nitrogens with zero attached hydrogens (tertiary/aromatic N) is 3. The van der Waals surface area contributed by atoms with Gasteiger partial charge in [0.2, 0.25) is 0 Å². The topological polar surface area (TPSA) is 37.3 Å². The number of piperidine rings is 1. The Morgan fingerprint density at radius 2 is 1.94 bits per heavy atom. The van der Waals surface area contributed by atoms with Crippen molar-refractivity contribution in [2.24, 2.45) is 4.99 Å². The van der Waals surface area contributed by atoms with E-state index in [1.807, 2.05) is 21.1 Å². The second-order valence-corrected chi connectivity index (χ2v) is 4.82. The summed E-state index contributed by atoms with van der Waals surface area (Å²) in [5.41, 5.74) is 0. The fourth-order valence-electron chi connectivity index (χ4n) is 2.30. The number of likely N-dealkylation sites (tertiary alicyclic amines) is 1. The Labute approximate surface area is 111 Å². The molecule has 5 nitrogen and oxygen atoms in total. The van der Waals surface area contributed by atoms with E-state index in [2.05, 4.69) is 14.8 Å². The molecule has 0 unspecified atom stereocenters. The Morgan fingerprint density at radius 1 is 1.28 bits per heavy atom. The summed E-state index contributed by atoms with van der Waals surface area (Å²) in [6.07, 6.45) is 3.55. The van der Waals surface area contributed by atoms with E-state index in [0.717, 1.165) is 51.5 Å². The van der Waals surface area contributed by atoms with Crippen LogP contribution in [0, 0.1) is 0 Å². The van der Waals surface area contributed by atoms with Crippen molar-refractivity contribution in [1.29, 1.82) is 0 Å². The lowest BCUT2D eigenvalue weighted by Gasteiger charge is -2.36. The Bertz CT molecular complexity index is 249. The van der Waals surface area contributed by atoms with Crippen LogP contribution in [0.3, 0.4) is 0 Å². The van der Waals surface area contributed by atoms with Crippen molar-refractivity contribution in [2.75, 3.05) is 54.6 Å². The molecule has 1 fully saturated rings. The zero-order valence-electron chi connectivity index (χ0n) is 12.2. The Hall–Kier alpha value is -0.810. The van der Waals surface area contributed by atoms with Crippen molar-refractivity contribution >= 4 is 5.96 Å². The summed E-state index contributed by atoms with van der Waals surface area (Å²) in [6, 6.07) is 0. The van der Waals surface area contributed by atoms with Crippen LogP contribution in [-0.2, 0) is 9.47 Å². The molecular weight excluding hydrogens is 230 g/mol. The minimum atomic E-state index is 0.401. The van der Waals surface area contributed by atoms with Crippen LogP contribution in [0.4, 0.5) is 0 Å². The molecule has 0 aromatic carbocycles. The van der Waals surface area contributed by atoms with Gasteiger partial charge in [0.15, 0.2) is 5.96 Å². The molecule has 0 radical (unpaired) electrons.